The summed E-state index contributed by atoms with van der Waals surface area (Å²) in [7, 11) is 0. The van der Waals surface area contributed by atoms with Gasteiger partial charge in [-0.1, -0.05) is 51.3 Å². The highest BCUT2D eigenvalue weighted by Gasteiger charge is 2.10. The Labute approximate surface area is 82.7 Å². The molecule has 1 unspecified atom stereocenters. The van der Waals surface area contributed by atoms with Crippen molar-refractivity contribution in [2.24, 2.45) is 5.92 Å². The van der Waals surface area contributed by atoms with E-state index >= 15 is 0 Å². The normalized spacial score (nSPS) is 17.5. The first-order valence-electron chi connectivity index (χ1n) is 5.75. The van der Waals surface area contributed by atoms with E-state index in [1.807, 2.05) is 0 Å². The third-order valence-corrected chi connectivity index (χ3v) is 2.92. The zero-order valence-corrected chi connectivity index (χ0v) is 9.05. The van der Waals surface area contributed by atoms with Crippen molar-refractivity contribution in [2.75, 3.05) is 0 Å². The van der Waals surface area contributed by atoms with E-state index in [1.165, 1.54) is 38.5 Å². The first kappa shape index (κ1) is 10.6. The van der Waals surface area contributed by atoms with Gasteiger partial charge in [0.05, 0.1) is 0 Å². The molecule has 0 N–H and O–H groups in total. The van der Waals surface area contributed by atoms with E-state index in [1.54, 1.807) is 5.57 Å². The predicted octanol–water partition coefficient (Wildman–Crippen LogP) is 4.48. The summed E-state index contributed by atoms with van der Waals surface area (Å²) in [6.45, 7) is 4.58. The molecule has 0 aromatic carbocycles. The molecular weight excluding hydrogens is 156 g/mol. The minimum Gasteiger partial charge on any atom is -0.0805 e. The molecule has 74 valence electrons. The molecule has 0 spiro atoms. The van der Waals surface area contributed by atoms with Crippen LogP contribution in [-0.4, -0.2) is 0 Å². The molecule has 1 rings (SSSR count). The van der Waals surface area contributed by atoms with Crippen LogP contribution in [0.4, 0.5) is 0 Å². The van der Waals surface area contributed by atoms with E-state index in [-0.39, 0.29) is 0 Å². The van der Waals surface area contributed by atoms with Crippen LogP contribution >= 0.6 is 0 Å². The predicted molar refractivity (Wildman–Crippen MR) is 59.8 cm³/mol. The number of unbranched alkanes of at least 4 members (excludes halogenated alkanes) is 2. The SMILES string of the molecule is CCCCCC(CC)C1=CCC=C1. The zero-order chi connectivity index (χ0) is 9.52. The highest BCUT2D eigenvalue weighted by atomic mass is 14.2. The monoisotopic (exact) mass is 178 g/mol. The molecule has 0 saturated carbocycles. The van der Waals surface area contributed by atoms with Crippen LogP contribution in [0.2, 0.25) is 0 Å². The lowest BCUT2D eigenvalue weighted by atomic mass is 9.91. The number of allylic oxidation sites excluding steroid dienone is 4. The molecule has 0 aliphatic heterocycles. The van der Waals surface area contributed by atoms with Gasteiger partial charge < -0.3 is 0 Å². The number of rotatable bonds is 6. The van der Waals surface area contributed by atoms with Gasteiger partial charge in [-0.25, -0.2) is 0 Å². The van der Waals surface area contributed by atoms with Crippen molar-refractivity contribution in [1.29, 1.82) is 0 Å². The first-order chi connectivity index (χ1) is 6.38. The van der Waals surface area contributed by atoms with E-state index in [2.05, 4.69) is 32.1 Å². The number of hydrogen-bond donors (Lipinski definition) is 0. The average molecular weight is 178 g/mol. The van der Waals surface area contributed by atoms with Crippen LogP contribution in [0.5, 0.6) is 0 Å². The lowest BCUT2D eigenvalue weighted by molar-refractivity contribution is 0.512. The summed E-state index contributed by atoms with van der Waals surface area (Å²) in [5.74, 6) is 0.838. The summed E-state index contributed by atoms with van der Waals surface area (Å²) >= 11 is 0. The molecule has 0 radical (unpaired) electrons. The summed E-state index contributed by atoms with van der Waals surface area (Å²) in [5, 5.41) is 0. The summed E-state index contributed by atoms with van der Waals surface area (Å²) < 4.78 is 0. The van der Waals surface area contributed by atoms with Crippen molar-refractivity contribution in [1.82, 2.24) is 0 Å². The molecule has 0 fully saturated rings. The van der Waals surface area contributed by atoms with E-state index in [4.69, 9.17) is 0 Å². The Bertz CT molecular complexity index is 186. The third kappa shape index (κ3) is 3.38. The van der Waals surface area contributed by atoms with E-state index in [0.717, 1.165) is 5.92 Å². The van der Waals surface area contributed by atoms with Crippen LogP contribution in [0.3, 0.4) is 0 Å². The Kier molecular flexibility index (Phi) is 4.88. The minimum absolute atomic E-state index is 0.838. The molecule has 0 aromatic rings. The van der Waals surface area contributed by atoms with Crippen molar-refractivity contribution in [3.05, 3.63) is 23.8 Å². The fourth-order valence-corrected chi connectivity index (χ4v) is 2.03. The zero-order valence-electron chi connectivity index (χ0n) is 9.05. The van der Waals surface area contributed by atoms with Gasteiger partial charge in [0, 0.05) is 0 Å². The summed E-state index contributed by atoms with van der Waals surface area (Å²) in [6, 6.07) is 0. The fourth-order valence-electron chi connectivity index (χ4n) is 2.03. The number of hydrogen-bond acceptors (Lipinski definition) is 0. The largest absolute Gasteiger partial charge is 0.0805 e. The van der Waals surface area contributed by atoms with Gasteiger partial charge in [0.15, 0.2) is 0 Å². The van der Waals surface area contributed by atoms with Crippen LogP contribution in [-0.2, 0) is 0 Å². The maximum absolute atomic E-state index is 2.39. The maximum Gasteiger partial charge on any atom is -0.0160 e. The molecular formula is C13H22. The molecule has 0 amide bonds. The van der Waals surface area contributed by atoms with Crippen molar-refractivity contribution >= 4 is 0 Å². The Hall–Kier alpha value is -0.520. The van der Waals surface area contributed by atoms with Crippen LogP contribution in [0.25, 0.3) is 0 Å². The second-order valence-electron chi connectivity index (χ2n) is 3.94. The molecule has 0 bridgehead atoms. The second kappa shape index (κ2) is 6.01. The van der Waals surface area contributed by atoms with Crippen molar-refractivity contribution in [2.45, 2.75) is 52.4 Å². The van der Waals surface area contributed by atoms with Crippen molar-refractivity contribution < 1.29 is 0 Å². The summed E-state index contributed by atoms with van der Waals surface area (Å²) in [4.78, 5) is 0. The Morgan fingerprint density at radius 1 is 1.31 bits per heavy atom. The Morgan fingerprint density at radius 3 is 2.69 bits per heavy atom. The average Bonchev–Trinajstić information content (AvgIpc) is 2.65. The van der Waals surface area contributed by atoms with Gasteiger partial charge in [-0.2, -0.15) is 0 Å². The van der Waals surface area contributed by atoms with Crippen LogP contribution < -0.4 is 0 Å². The molecule has 0 heterocycles. The molecule has 0 aromatic heterocycles. The van der Waals surface area contributed by atoms with Gasteiger partial charge in [-0.3, -0.25) is 0 Å². The van der Waals surface area contributed by atoms with Gasteiger partial charge in [-0.15, -0.1) is 0 Å². The highest BCUT2D eigenvalue weighted by Crippen LogP contribution is 2.26. The van der Waals surface area contributed by atoms with Crippen molar-refractivity contribution in [3.8, 4) is 0 Å². The molecule has 0 nitrogen and oxygen atoms in total. The lowest BCUT2D eigenvalue weighted by Crippen LogP contribution is -2.00. The first-order valence-corrected chi connectivity index (χ1v) is 5.75. The Morgan fingerprint density at radius 2 is 2.15 bits per heavy atom. The molecule has 0 saturated heterocycles. The minimum atomic E-state index is 0.838. The van der Waals surface area contributed by atoms with Crippen LogP contribution in [0.1, 0.15) is 52.4 Å². The van der Waals surface area contributed by atoms with Gasteiger partial charge in [0.2, 0.25) is 0 Å². The third-order valence-electron chi connectivity index (χ3n) is 2.92. The maximum atomic E-state index is 2.39. The van der Waals surface area contributed by atoms with Gasteiger partial charge >= 0.3 is 0 Å². The van der Waals surface area contributed by atoms with Crippen LogP contribution in [0, 0.1) is 5.92 Å². The van der Waals surface area contributed by atoms with E-state index in [0.29, 0.717) is 0 Å². The van der Waals surface area contributed by atoms with Gasteiger partial charge in [-0.05, 0) is 30.8 Å². The highest BCUT2D eigenvalue weighted by molar-refractivity contribution is 5.28. The fraction of sp³-hybridized carbons (Fsp3) is 0.692. The molecule has 1 atom stereocenters. The van der Waals surface area contributed by atoms with Gasteiger partial charge in [0.25, 0.3) is 0 Å². The molecule has 1 aliphatic carbocycles. The lowest BCUT2D eigenvalue weighted by Gasteiger charge is -2.14. The molecule has 0 heteroatoms. The standard InChI is InChI=1S/C13H22/c1-3-5-6-9-12(4-2)13-10-7-8-11-13/h7,10-12H,3-6,8-9H2,1-2H3. The molecule has 1 aliphatic rings. The topological polar surface area (TPSA) is 0 Å². The summed E-state index contributed by atoms with van der Waals surface area (Å²) in [6.07, 6.45) is 15.0. The van der Waals surface area contributed by atoms with Gasteiger partial charge in [0.1, 0.15) is 0 Å². The molecule has 13 heavy (non-hydrogen) atoms. The van der Waals surface area contributed by atoms with E-state index in [9.17, 15) is 0 Å². The summed E-state index contributed by atoms with van der Waals surface area (Å²) in [5.41, 5.74) is 1.60. The Balaban J connectivity index is 2.30. The van der Waals surface area contributed by atoms with Crippen LogP contribution in [0.15, 0.2) is 23.8 Å². The van der Waals surface area contributed by atoms with E-state index < -0.39 is 0 Å². The second-order valence-corrected chi connectivity index (χ2v) is 3.94. The van der Waals surface area contributed by atoms with Crippen molar-refractivity contribution in [3.63, 3.8) is 0 Å². The smallest absolute Gasteiger partial charge is 0.0160 e. The quantitative estimate of drug-likeness (QED) is 0.526.